The lowest BCUT2D eigenvalue weighted by atomic mass is 10.2. The number of nitrogens with zero attached hydrogens (tertiary/aromatic N) is 1. The van der Waals surface area contributed by atoms with Crippen molar-refractivity contribution in [2.45, 2.75) is 20.1 Å². The van der Waals surface area contributed by atoms with Gasteiger partial charge in [0, 0.05) is 11.9 Å². The highest BCUT2D eigenvalue weighted by Crippen LogP contribution is 2.18. The summed E-state index contributed by atoms with van der Waals surface area (Å²) in [7, 11) is 0. The number of nitrogens with two attached hydrogens (primary N) is 2. The Morgan fingerprint density at radius 3 is 2.08 bits per heavy atom. The van der Waals surface area contributed by atoms with Crippen LogP contribution in [0.2, 0.25) is 0 Å². The highest BCUT2D eigenvalue weighted by molar-refractivity contribution is 4.98. The normalized spacial score (nSPS) is 13.8. The SMILES string of the molecule is CC(C)/C(N)=C/N(N)C(F)(F)F. The molecule has 72 valence electrons. The molecule has 0 aromatic rings. The van der Waals surface area contributed by atoms with Gasteiger partial charge in [-0.15, -0.1) is 13.2 Å². The lowest BCUT2D eigenvalue weighted by Crippen LogP contribution is -2.40. The third-order valence-corrected chi connectivity index (χ3v) is 1.25. The van der Waals surface area contributed by atoms with Crippen LogP contribution in [-0.4, -0.2) is 11.3 Å². The van der Waals surface area contributed by atoms with Gasteiger partial charge in [0.25, 0.3) is 0 Å². The van der Waals surface area contributed by atoms with Crippen molar-refractivity contribution in [1.29, 1.82) is 0 Å². The molecule has 12 heavy (non-hydrogen) atoms. The molecule has 0 bridgehead atoms. The minimum atomic E-state index is -4.57. The maximum atomic E-state index is 11.8. The van der Waals surface area contributed by atoms with Crippen LogP contribution in [0.25, 0.3) is 0 Å². The van der Waals surface area contributed by atoms with Crippen molar-refractivity contribution < 1.29 is 13.2 Å². The monoisotopic (exact) mass is 183 g/mol. The Bertz CT molecular complexity index is 173. The first kappa shape index (κ1) is 11.1. The summed E-state index contributed by atoms with van der Waals surface area (Å²) in [6.07, 6.45) is -3.90. The van der Waals surface area contributed by atoms with Crippen LogP contribution in [0.15, 0.2) is 11.9 Å². The summed E-state index contributed by atoms with van der Waals surface area (Å²) in [6.45, 7) is 3.35. The number of hydrogen-bond donors (Lipinski definition) is 2. The fourth-order valence-corrected chi connectivity index (χ4v) is 0.383. The zero-order chi connectivity index (χ0) is 9.94. The highest BCUT2D eigenvalue weighted by Gasteiger charge is 2.33. The second-order valence-electron chi connectivity index (χ2n) is 2.66. The van der Waals surface area contributed by atoms with Crippen molar-refractivity contribution in [2.75, 3.05) is 0 Å². The summed E-state index contributed by atoms with van der Waals surface area (Å²) >= 11 is 0. The number of halogens is 3. The van der Waals surface area contributed by atoms with Crippen LogP contribution in [-0.2, 0) is 0 Å². The van der Waals surface area contributed by atoms with E-state index in [9.17, 15) is 13.2 Å². The van der Waals surface area contributed by atoms with Crippen molar-refractivity contribution in [2.24, 2.45) is 17.5 Å². The fraction of sp³-hybridized carbons (Fsp3) is 0.667. The third kappa shape index (κ3) is 3.47. The lowest BCUT2D eigenvalue weighted by molar-refractivity contribution is -0.229. The predicted molar refractivity (Wildman–Crippen MR) is 39.2 cm³/mol. The fourth-order valence-electron chi connectivity index (χ4n) is 0.383. The van der Waals surface area contributed by atoms with E-state index in [1.807, 2.05) is 0 Å². The molecule has 0 aliphatic carbocycles. The molecule has 0 aromatic heterocycles. The number of allylic oxidation sites excluding steroid dienone is 1. The van der Waals surface area contributed by atoms with Crippen LogP contribution >= 0.6 is 0 Å². The summed E-state index contributed by atoms with van der Waals surface area (Å²) in [5, 5.41) is -0.359. The maximum Gasteiger partial charge on any atom is 0.498 e. The first-order chi connectivity index (χ1) is 5.25. The molecule has 0 rings (SSSR count). The van der Waals surface area contributed by atoms with Gasteiger partial charge in [-0.1, -0.05) is 13.8 Å². The Balaban J connectivity index is 4.34. The van der Waals surface area contributed by atoms with Crippen LogP contribution in [0.3, 0.4) is 0 Å². The van der Waals surface area contributed by atoms with Crippen LogP contribution in [0.5, 0.6) is 0 Å². The highest BCUT2D eigenvalue weighted by atomic mass is 19.4. The summed E-state index contributed by atoms with van der Waals surface area (Å²) in [4.78, 5) is 0. The second-order valence-corrected chi connectivity index (χ2v) is 2.66. The van der Waals surface area contributed by atoms with E-state index in [1.165, 1.54) is 0 Å². The van der Waals surface area contributed by atoms with Gasteiger partial charge in [-0.2, -0.15) is 0 Å². The predicted octanol–water partition coefficient (Wildman–Crippen LogP) is 1.14. The second kappa shape index (κ2) is 3.66. The molecule has 0 unspecified atom stereocenters. The van der Waals surface area contributed by atoms with Gasteiger partial charge in [0.2, 0.25) is 0 Å². The van der Waals surface area contributed by atoms with Gasteiger partial charge < -0.3 is 5.73 Å². The zero-order valence-corrected chi connectivity index (χ0v) is 6.89. The van der Waals surface area contributed by atoms with Gasteiger partial charge in [0.05, 0.1) is 0 Å². The average Bonchev–Trinajstić information content (AvgIpc) is 1.85. The summed E-state index contributed by atoms with van der Waals surface area (Å²) in [5.41, 5.74) is 5.35. The molecule has 0 amide bonds. The Hall–Kier alpha value is -0.910. The Morgan fingerprint density at radius 2 is 1.83 bits per heavy atom. The van der Waals surface area contributed by atoms with Crippen molar-refractivity contribution in [3.05, 3.63) is 11.9 Å². The number of rotatable bonds is 2. The molecule has 0 atom stereocenters. The van der Waals surface area contributed by atoms with Gasteiger partial charge in [-0.25, -0.2) is 10.9 Å². The smallest absolute Gasteiger partial charge is 0.401 e. The van der Waals surface area contributed by atoms with Crippen LogP contribution < -0.4 is 11.6 Å². The first-order valence-corrected chi connectivity index (χ1v) is 3.33. The minimum Gasteiger partial charge on any atom is -0.401 e. The molecule has 0 saturated carbocycles. The van der Waals surface area contributed by atoms with Crippen molar-refractivity contribution in [3.8, 4) is 0 Å². The van der Waals surface area contributed by atoms with Gasteiger partial charge in [0.15, 0.2) is 0 Å². The molecular weight excluding hydrogens is 171 g/mol. The van der Waals surface area contributed by atoms with Gasteiger partial charge >= 0.3 is 6.30 Å². The van der Waals surface area contributed by atoms with Crippen molar-refractivity contribution in [3.63, 3.8) is 0 Å². The van der Waals surface area contributed by atoms with E-state index in [-0.39, 0.29) is 16.6 Å². The Morgan fingerprint density at radius 1 is 1.42 bits per heavy atom. The molecule has 6 heteroatoms. The molecule has 4 N–H and O–H groups in total. The molecular formula is C6H12F3N3. The van der Waals surface area contributed by atoms with Gasteiger partial charge in [-0.3, -0.25) is 0 Å². The van der Waals surface area contributed by atoms with Gasteiger partial charge in [-0.05, 0) is 5.92 Å². The molecule has 0 spiro atoms. The largest absolute Gasteiger partial charge is 0.498 e. The van der Waals surface area contributed by atoms with E-state index in [4.69, 9.17) is 5.73 Å². The topological polar surface area (TPSA) is 55.3 Å². The lowest BCUT2D eigenvalue weighted by Gasteiger charge is -2.18. The maximum absolute atomic E-state index is 11.8. The zero-order valence-electron chi connectivity index (χ0n) is 6.89. The van der Waals surface area contributed by atoms with Gasteiger partial charge in [0.1, 0.15) is 0 Å². The summed E-state index contributed by atoms with van der Waals surface area (Å²) < 4.78 is 35.3. The van der Waals surface area contributed by atoms with E-state index in [1.54, 1.807) is 13.8 Å². The van der Waals surface area contributed by atoms with Crippen LogP contribution in [0.1, 0.15) is 13.8 Å². The summed E-state index contributed by atoms with van der Waals surface area (Å²) in [6, 6.07) is 0. The van der Waals surface area contributed by atoms with E-state index in [0.29, 0.717) is 6.20 Å². The molecule has 0 aliphatic heterocycles. The van der Waals surface area contributed by atoms with Crippen LogP contribution in [0.4, 0.5) is 13.2 Å². The van der Waals surface area contributed by atoms with E-state index < -0.39 is 6.30 Å². The van der Waals surface area contributed by atoms with E-state index in [0.717, 1.165) is 0 Å². The quantitative estimate of drug-likeness (QED) is 0.383. The minimum absolute atomic E-state index is 0.0924. The molecule has 0 fully saturated rings. The Kier molecular flexibility index (Phi) is 3.38. The first-order valence-electron chi connectivity index (χ1n) is 3.33. The molecule has 0 aromatic carbocycles. The standard InChI is InChI=1S/C6H12F3N3/c1-4(2)5(10)3-12(11)6(7,8)9/h3-4H,10-11H2,1-2H3/b5-3-. The average molecular weight is 183 g/mol. The molecule has 0 radical (unpaired) electrons. The number of hydrogen-bond acceptors (Lipinski definition) is 3. The molecule has 3 nitrogen and oxygen atoms in total. The van der Waals surface area contributed by atoms with Crippen molar-refractivity contribution in [1.82, 2.24) is 5.01 Å². The molecule has 0 saturated heterocycles. The van der Waals surface area contributed by atoms with E-state index >= 15 is 0 Å². The number of alkyl halides is 3. The van der Waals surface area contributed by atoms with Crippen LogP contribution in [0, 0.1) is 5.92 Å². The third-order valence-electron chi connectivity index (χ3n) is 1.25. The summed E-state index contributed by atoms with van der Waals surface area (Å²) in [5.74, 6) is 4.49. The van der Waals surface area contributed by atoms with E-state index in [2.05, 4.69) is 5.84 Å². The molecule has 0 heterocycles. The molecule has 0 aliphatic rings. The Labute approximate surface area is 68.8 Å². The number of hydrazine groups is 1. The van der Waals surface area contributed by atoms with Crippen molar-refractivity contribution >= 4 is 0 Å².